The molecule has 0 aliphatic rings. The van der Waals surface area contributed by atoms with Gasteiger partial charge in [0.15, 0.2) is 0 Å². The average Bonchev–Trinajstić information content (AvgIpc) is 2.34. The molecule has 0 aromatic heterocycles. The molecule has 0 bridgehead atoms. The number of benzene rings is 1. The smallest absolute Gasteiger partial charge is 0.240 e. The second-order valence-corrected chi connectivity index (χ2v) is 5.34. The van der Waals surface area contributed by atoms with E-state index >= 15 is 0 Å². The molecular formula is C11H18N2O3S. The van der Waals surface area contributed by atoms with E-state index in [1.54, 1.807) is 31.4 Å². The van der Waals surface area contributed by atoms with E-state index in [-0.39, 0.29) is 18.0 Å². The molecular weight excluding hydrogens is 240 g/mol. The van der Waals surface area contributed by atoms with Gasteiger partial charge in [-0.05, 0) is 24.1 Å². The van der Waals surface area contributed by atoms with Crippen LogP contribution < -0.4 is 10.5 Å². The molecule has 0 radical (unpaired) electrons. The van der Waals surface area contributed by atoms with Gasteiger partial charge in [-0.25, -0.2) is 13.1 Å². The molecule has 1 aromatic carbocycles. The Morgan fingerprint density at radius 1 is 1.29 bits per heavy atom. The topological polar surface area (TPSA) is 81.4 Å². The van der Waals surface area contributed by atoms with Gasteiger partial charge >= 0.3 is 0 Å². The molecule has 0 fully saturated rings. The van der Waals surface area contributed by atoms with Crippen LogP contribution in [0.15, 0.2) is 29.2 Å². The molecule has 0 unspecified atom stereocenters. The highest BCUT2D eigenvalue weighted by atomic mass is 32.2. The van der Waals surface area contributed by atoms with E-state index in [0.717, 1.165) is 12.0 Å². The van der Waals surface area contributed by atoms with Crippen molar-refractivity contribution in [3.63, 3.8) is 0 Å². The van der Waals surface area contributed by atoms with Crippen LogP contribution in [-0.4, -0.2) is 35.2 Å². The summed E-state index contributed by atoms with van der Waals surface area (Å²) in [5.41, 5.74) is 6.30. The first-order valence-corrected chi connectivity index (χ1v) is 6.86. The number of sulfonamides is 1. The van der Waals surface area contributed by atoms with E-state index in [4.69, 9.17) is 10.5 Å². The fourth-order valence-corrected chi connectivity index (χ4v) is 2.38. The van der Waals surface area contributed by atoms with Gasteiger partial charge in [0.1, 0.15) is 0 Å². The first kappa shape index (κ1) is 14.1. The lowest BCUT2D eigenvalue weighted by Crippen LogP contribution is -2.29. The summed E-state index contributed by atoms with van der Waals surface area (Å²) in [4.78, 5) is 0.257. The van der Waals surface area contributed by atoms with E-state index < -0.39 is 10.0 Å². The number of nitrogens with two attached hydrogens (primary N) is 1. The third-order valence-electron chi connectivity index (χ3n) is 2.26. The molecule has 6 heteroatoms. The zero-order valence-corrected chi connectivity index (χ0v) is 10.7. The Balaban J connectivity index is 2.73. The summed E-state index contributed by atoms with van der Waals surface area (Å²) in [6.07, 6.45) is 0.771. The maximum Gasteiger partial charge on any atom is 0.240 e. The average molecular weight is 258 g/mol. The van der Waals surface area contributed by atoms with E-state index in [2.05, 4.69) is 4.72 Å². The molecule has 0 aliphatic carbocycles. The minimum Gasteiger partial charge on any atom is -0.384 e. The van der Waals surface area contributed by atoms with Crippen molar-refractivity contribution in [1.29, 1.82) is 0 Å². The second kappa shape index (κ2) is 6.70. The molecule has 0 saturated heterocycles. The molecule has 0 atom stereocenters. The van der Waals surface area contributed by atoms with E-state index in [9.17, 15) is 8.42 Å². The fraction of sp³-hybridized carbons (Fsp3) is 0.455. The van der Waals surface area contributed by atoms with E-state index in [0.29, 0.717) is 6.61 Å². The summed E-state index contributed by atoms with van der Waals surface area (Å²) in [6, 6.07) is 6.75. The van der Waals surface area contributed by atoms with Crippen LogP contribution >= 0.6 is 0 Å². The Morgan fingerprint density at radius 2 is 1.94 bits per heavy atom. The van der Waals surface area contributed by atoms with Crippen LogP contribution in [0.4, 0.5) is 0 Å². The van der Waals surface area contributed by atoms with Gasteiger partial charge in [0.25, 0.3) is 0 Å². The second-order valence-electron chi connectivity index (χ2n) is 3.57. The van der Waals surface area contributed by atoms with Crippen LogP contribution in [-0.2, 0) is 21.2 Å². The highest BCUT2D eigenvalue weighted by Gasteiger charge is 2.12. The minimum atomic E-state index is -3.42. The van der Waals surface area contributed by atoms with Crippen LogP contribution in [0.25, 0.3) is 0 Å². The zero-order valence-electron chi connectivity index (χ0n) is 9.85. The molecule has 0 amide bonds. The zero-order chi connectivity index (χ0) is 12.7. The van der Waals surface area contributed by atoms with Gasteiger partial charge < -0.3 is 10.5 Å². The summed E-state index contributed by atoms with van der Waals surface area (Å²) < 4.78 is 30.8. The maximum absolute atomic E-state index is 11.7. The monoisotopic (exact) mass is 258 g/mol. The van der Waals surface area contributed by atoms with E-state index in [1.807, 2.05) is 0 Å². The van der Waals surface area contributed by atoms with Gasteiger partial charge in [-0.2, -0.15) is 0 Å². The molecule has 96 valence electrons. The first-order chi connectivity index (χ1) is 8.10. The Kier molecular flexibility index (Phi) is 5.57. The number of methoxy groups -OCH3 is 1. The Bertz CT molecular complexity index is 429. The fourth-order valence-electron chi connectivity index (χ4n) is 1.33. The largest absolute Gasteiger partial charge is 0.384 e. The number of nitrogens with one attached hydrogen (secondary N) is 1. The molecule has 0 aliphatic heterocycles. The molecule has 5 nitrogen and oxygen atoms in total. The van der Waals surface area contributed by atoms with Crippen LogP contribution in [0.3, 0.4) is 0 Å². The van der Waals surface area contributed by atoms with Gasteiger partial charge in [0.05, 0.1) is 11.5 Å². The number of ether oxygens (including phenoxy) is 1. The van der Waals surface area contributed by atoms with Crippen molar-refractivity contribution in [2.75, 3.05) is 26.8 Å². The SMILES string of the molecule is COCCc1ccc(S(=O)(=O)NCCN)cc1. The number of rotatable bonds is 7. The van der Waals surface area contributed by atoms with Crippen molar-refractivity contribution < 1.29 is 13.2 Å². The van der Waals surface area contributed by atoms with Crippen molar-refractivity contribution in [2.24, 2.45) is 5.73 Å². The summed E-state index contributed by atoms with van der Waals surface area (Å²) in [5, 5.41) is 0. The van der Waals surface area contributed by atoms with Crippen molar-refractivity contribution in [2.45, 2.75) is 11.3 Å². The maximum atomic E-state index is 11.7. The lowest BCUT2D eigenvalue weighted by molar-refractivity contribution is 0.202. The molecule has 1 aromatic rings. The van der Waals surface area contributed by atoms with Gasteiger partial charge in [-0.1, -0.05) is 12.1 Å². The lowest BCUT2D eigenvalue weighted by Gasteiger charge is -2.06. The summed E-state index contributed by atoms with van der Waals surface area (Å²) in [7, 11) is -1.79. The van der Waals surface area contributed by atoms with Crippen molar-refractivity contribution >= 4 is 10.0 Å². The van der Waals surface area contributed by atoms with Crippen LogP contribution in [0, 0.1) is 0 Å². The Labute approximate surface area is 102 Å². The molecule has 0 saturated carbocycles. The van der Waals surface area contributed by atoms with E-state index in [1.165, 1.54) is 0 Å². The summed E-state index contributed by atoms with van der Waals surface area (Å²) >= 11 is 0. The Hall–Kier alpha value is -0.950. The molecule has 1 rings (SSSR count). The first-order valence-electron chi connectivity index (χ1n) is 5.38. The Morgan fingerprint density at radius 3 is 2.47 bits per heavy atom. The van der Waals surface area contributed by atoms with Crippen LogP contribution in [0.2, 0.25) is 0 Å². The highest BCUT2D eigenvalue weighted by molar-refractivity contribution is 7.89. The van der Waals surface area contributed by atoms with Crippen molar-refractivity contribution in [3.05, 3.63) is 29.8 Å². The summed E-state index contributed by atoms with van der Waals surface area (Å²) in [5.74, 6) is 0. The summed E-state index contributed by atoms with van der Waals surface area (Å²) in [6.45, 7) is 1.15. The van der Waals surface area contributed by atoms with Crippen LogP contribution in [0.5, 0.6) is 0 Å². The molecule has 0 spiro atoms. The molecule has 3 N–H and O–H groups in total. The van der Waals surface area contributed by atoms with Gasteiger partial charge in [0, 0.05) is 20.2 Å². The number of hydrogen-bond donors (Lipinski definition) is 2. The predicted molar refractivity (Wildman–Crippen MR) is 66.3 cm³/mol. The third kappa shape index (κ3) is 4.43. The van der Waals surface area contributed by atoms with Crippen molar-refractivity contribution in [3.8, 4) is 0 Å². The predicted octanol–water partition coefficient (Wildman–Crippen LogP) is 0.113. The highest BCUT2D eigenvalue weighted by Crippen LogP contribution is 2.10. The lowest BCUT2D eigenvalue weighted by atomic mass is 10.2. The van der Waals surface area contributed by atoms with Gasteiger partial charge in [-0.15, -0.1) is 0 Å². The van der Waals surface area contributed by atoms with Gasteiger partial charge in [0.2, 0.25) is 10.0 Å². The standard InChI is InChI=1S/C11H18N2O3S/c1-16-9-6-10-2-4-11(5-3-10)17(14,15)13-8-7-12/h2-5,13H,6-9,12H2,1H3. The molecule has 0 heterocycles. The van der Waals surface area contributed by atoms with Crippen molar-refractivity contribution in [1.82, 2.24) is 4.72 Å². The normalized spacial score (nSPS) is 11.6. The molecule has 17 heavy (non-hydrogen) atoms. The third-order valence-corrected chi connectivity index (χ3v) is 3.74. The van der Waals surface area contributed by atoms with Gasteiger partial charge in [-0.3, -0.25) is 0 Å². The quantitative estimate of drug-likeness (QED) is 0.727. The van der Waals surface area contributed by atoms with Crippen LogP contribution in [0.1, 0.15) is 5.56 Å². The number of hydrogen-bond acceptors (Lipinski definition) is 4. The minimum absolute atomic E-state index is 0.244.